The second-order valence-corrected chi connectivity index (χ2v) is 11.6. The average Bonchev–Trinajstić information content (AvgIpc) is 3.15. The van der Waals surface area contributed by atoms with Gasteiger partial charge in [-0.15, -0.1) is 0 Å². The molecule has 14 nitrogen and oxygen atoms in total. The fourth-order valence-corrected chi connectivity index (χ4v) is 4.92. The first-order valence-electron chi connectivity index (χ1n) is 16.7. The Morgan fingerprint density at radius 1 is 0.608 bits per heavy atom. The first kappa shape index (κ1) is 38.8. The van der Waals surface area contributed by atoms with E-state index >= 15 is 0 Å². The van der Waals surface area contributed by atoms with Gasteiger partial charge in [0.2, 0.25) is 0 Å². The molecule has 5 atom stereocenters. The SMILES string of the molecule is O=C(CCCNC(=O)OCc1ccccc1)OC[C@H]1O[C@@H](OCc2ccccc2)[C@H](O)[C@H](OC(=O)CCCNC(=O)OCc2ccccc2)[C@@H]1O. The number of nitrogens with one attached hydrogen (secondary N) is 2. The van der Waals surface area contributed by atoms with Crippen molar-refractivity contribution in [3.63, 3.8) is 0 Å². The van der Waals surface area contributed by atoms with Gasteiger partial charge in [0.25, 0.3) is 0 Å². The lowest BCUT2D eigenvalue weighted by atomic mass is 9.98. The minimum atomic E-state index is -1.57. The maximum absolute atomic E-state index is 12.7. The highest BCUT2D eigenvalue weighted by atomic mass is 16.7. The third kappa shape index (κ3) is 14.0. The maximum atomic E-state index is 12.7. The van der Waals surface area contributed by atoms with Crippen LogP contribution in [0.3, 0.4) is 0 Å². The summed E-state index contributed by atoms with van der Waals surface area (Å²) in [6.45, 7) is 0.110. The van der Waals surface area contributed by atoms with Crippen LogP contribution in [0.4, 0.5) is 9.59 Å². The molecule has 14 heteroatoms. The standard InChI is InChI=1S/C37H44N2O12/c40-30(18-10-20-38-36(44)48-23-27-14-6-2-7-15-27)46-25-29-32(42)34(33(43)35(50-29)47-22-26-12-4-1-5-13-26)51-31(41)19-11-21-39-37(45)49-24-28-16-8-3-9-17-28/h1-9,12-17,29,32-35,42-43H,10-11,18-25H2,(H,38,44)(H,39,45)/t29-,32-,33-,34-,35-/m1/s1. The van der Waals surface area contributed by atoms with Crippen molar-refractivity contribution in [2.24, 2.45) is 0 Å². The molecule has 1 aliphatic rings. The number of amides is 2. The lowest BCUT2D eigenvalue weighted by Gasteiger charge is -2.41. The van der Waals surface area contributed by atoms with Crippen LogP contribution in [0, 0.1) is 0 Å². The molecule has 4 rings (SSSR count). The number of carbonyl (C=O) groups excluding carboxylic acids is 4. The zero-order valence-electron chi connectivity index (χ0n) is 28.1. The molecule has 0 unspecified atom stereocenters. The number of ether oxygens (including phenoxy) is 6. The van der Waals surface area contributed by atoms with Crippen LogP contribution in [0.5, 0.6) is 0 Å². The Morgan fingerprint density at radius 3 is 1.59 bits per heavy atom. The molecule has 51 heavy (non-hydrogen) atoms. The van der Waals surface area contributed by atoms with Gasteiger partial charge in [-0.25, -0.2) is 9.59 Å². The topological polar surface area (TPSA) is 188 Å². The molecule has 1 heterocycles. The quantitative estimate of drug-likeness (QED) is 0.0857. The third-order valence-electron chi connectivity index (χ3n) is 7.65. The predicted octanol–water partition coefficient (Wildman–Crippen LogP) is 3.52. The highest BCUT2D eigenvalue weighted by Gasteiger charge is 2.48. The van der Waals surface area contributed by atoms with Gasteiger partial charge in [-0.05, 0) is 29.5 Å². The number of alkyl carbamates (subject to hydrolysis) is 2. The van der Waals surface area contributed by atoms with Crippen molar-refractivity contribution < 1.29 is 57.8 Å². The minimum Gasteiger partial charge on any atom is -0.463 e. The van der Waals surface area contributed by atoms with Gasteiger partial charge in [0.05, 0.1) is 6.61 Å². The number of hydrogen-bond donors (Lipinski definition) is 4. The Morgan fingerprint density at radius 2 is 1.08 bits per heavy atom. The Kier molecular flexibility index (Phi) is 16.2. The van der Waals surface area contributed by atoms with Gasteiger partial charge in [-0.3, -0.25) is 9.59 Å². The molecular formula is C37H44N2O12. The fraction of sp³-hybridized carbons (Fsp3) is 0.405. The molecule has 4 N–H and O–H groups in total. The summed E-state index contributed by atoms with van der Waals surface area (Å²) in [6, 6.07) is 27.4. The average molecular weight is 709 g/mol. The fourth-order valence-electron chi connectivity index (χ4n) is 4.92. The first-order chi connectivity index (χ1) is 24.8. The molecule has 0 radical (unpaired) electrons. The van der Waals surface area contributed by atoms with Gasteiger partial charge in [0.1, 0.15) is 38.1 Å². The number of esters is 2. The zero-order chi connectivity index (χ0) is 36.3. The van der Waals surface area contributed by atoms with E-state index in [0.29, 0.717) is 0 Å². The van der Waals surface area contributed by atoms with E-state index in [2.05, 4.69) is 10.6 Å². The highest BCUT2D eigenvalue weighted by Crippen LogP contribution is 2.26. The zero-order valence-corrected chi connectivity index (χ0v) is 28.1. The molecule has 0 aliphatic carbocycles. The van der Waals surface area contributed by atoms with Crippen molar-refractivity contribution in [1.82, 2.24) is 10.6 Å². The highest BCUT2D eigenvalue weighted by molar-refractivity contribution is 5.71. The summed E-state index contributed by atoms with van der Waals surface area (Å²) in [6.07, 6.45) is -8.14. The lowest BCUT2D eigenvalue weighted by Crippen LogP contribution is -2.60. The van der Waals surface area contributed by atoms with Crippen LogP contribution in [0.2, 0.25) is 0 Å². The molecule has 2 amide bonds. The molecule has 1 saturated heterocycles. The van der Waals surface area contributed by atoms with Gasteiger partial charge in [-0.2, -0.15) is 0 Å². The van der Waals surface area contributed by atoms with E-state index in [-0.39, 0.29) is 58.6 Å². The summed E-state index contributed by atoms with van der Waals surface area (Å²) in [5.74, 6) is -1.37. The second kappa shape index (κ2) is 21.3. The van der Waals surface area contributed by atoms with E-state index in [0.717, 1.165) is 16.7 Å². The van der Waals surface area contributed by atoms with E-state index in [1.54, 1.807) is 0 Å². The van der Waals surface area contributed by atoms with Crippen molar-refractivity contribution in [1.29, 1.82) is 0 Å². The van der Waals surface area contributed by atoms with E-state index in [1.165, 1.54) is 0 Å². The molecule has 0 saturated carbocycles. The van der Waals surface area contributed by atoms with Gasteiger partial charge in [0.15, 0.2) is 12.4 Å². The molecule has 1 aliphatic heterocycles. The Hall–Kier alpha value is -5.02. The molecule has 3 aromatic carbocycles. The van der Waals surface area contributed by atoms with E-state index in [4.69, 9.17) is 28.4 Å². The van der Waals surface area contributed by atoms with Crippen LogP contribution < -0.4 is 10.6 Å². The molecule has 274 valence electrons. The van der Waals surface area contributed by atoms with Gasteiger partial charge < -0.3 is 49.3 Å². The van der Waals surface area contributed by atoms with Crippen molar-refractivity contribution in [2.45, 2.75) is 76.2 Å². The number of hydrogen-bond acceptors (Lipinski definition) is 12. The maximum Gasteiger partial charge on any atom is 0.407 e. The number of aliphatic hydroxyl groups excluding tert-OH is 2. The molecule has 0 spiro atoms. The van der Waals surface area contributed by atoms with Crippen LogP contribution in [0.25, 0.3) is 0 Å². The number of rotatable bonds is 18. The van der Waals surface area contributed by atoms with E-state index < -0.39 is 61.4 Å². The lowest BCUT2D eigenvalue weighted by molar-refractivity contribution is -0.306. The summed E-state index contributed by atoms with van der Waals surface area (Å²) in [5, 5.41) is 27.1. The van der Waals surface area contributed by atoms with Crippen molar-refractivity contribution >= 4 is 24.1 Å². The van der Waals surface area contributed by atoms with Crippen LogP contribution in [-0.2, 0) is 57.8 Å². The third-order valence-corrected chi connectivity index (χ3v) is 7.65. The van der Waals surface area contributed by atoms with Crippen molar-refractivity contribution in [3.05, 3.63) is 108 Å². The van der Waals surface area contributed by atoms with Gasteiger partial charge >= 0.3 is 24.1 Å². The summed E-state index contributed by atoms with van der Waals surface area (Å²) in [4.78, 5) is 49.1. The summed E-state index contributed by atoms with van der Waals surface area (Å²) in [5.41, 5.74) is 2.45. The second-order valence-electron chi connectivity index (χ2n) is 11.6. The van der Waals surface area contributed by atoms with E-state index in [9.17, 15) is 29.4 Å². The minimum absolute atomic E-state index is 0.0403. The summed E-state index contributed by atoms with van der Waals surface area (Å²) >= 11 is 0. The van der Waals surface area contributed by atoms with Crippen molar-refractivity contribution in [2.75, 3.05) is 19.7 Å². The smallest absolute Gasteiger partial charge is 0.407 e. The number of benzene rings is 3. The van der Waals surface area contributed by atoms with Gasteiger partial charge in [-0.1, -0.05) is 91.0 Å². The largest absolute Gasteiger partial charge is 0.463 e. The van der Waals surface area contributed by atoms with E-state index in [1.807, 2.05) is 91.0 Å². The normalized spacial score (nSPS) is 19.7. The summed E-state index contributed by atoms with van der Waals surface area (Å²) < 4.78 is 32.6. The Bertz CT molecular complexity index is 1500. The van der Waals surface area contributed by atoms with Crippen molar-refractivity contribution in [3.8, 4) is 0 Å². The summed E-state index contributed by atoms with van der Waals surface area (Å²) in [7, 11) is 0. The monoisotopic (exact) mass is 708 g/mol. The molecular weight excluding hydrogens is 664 g/mol. The number of carbonyl (C=O) groups is 4. The first-order valence-corrected chi connectivity index (χ1v) is 16.7. The van der Waals surface area contributed by atoms with Crippen LogP contribution in [0.1, 0.15) is 42.4 Å². The van der Waals surface area contributed by atoms with Crippen LogP contribution in [0.15, 0.2) is 91.0 Å². The molecule has 0 bridgehead atoms. The Labute approximate surface area is 295 Å². The molecule has 0 aromatic heterocycles. The van der Waals surface area contributed by atoms with Crippen LogP contribution >= 0.6 is 0 Å². The molecule has 3 aromatic rings. The molecule has 1 fully saturated rings. The Balaban J connectivity index is 1.21. The number of aliphatic hydroxyl groups is 2. The predicted molar refractivity (Wildman–Crippen MR) is 180 cm³/mol. The van der Waals surface area contributed by atoms with Crippen LogP contribution in [-0.4, -0.2) is 84.7 Å². The van der Waals surface area contributed by atoms with Gasteiger partial charge in [0, 0.05) is 25.9 Å².